The van der Waals surface area contributed by atoms with Crippen LogP contribution in [0.15, 0.2) is 36.8 Å². The van der Waals surface area contributed by atoms with Gasteiger partial charge in [0.25, 0.3) is 0 Å². The van der Waals surface area contributed by atoms with Crippen LogP contribution in [0.25, 0.3) is 11.4 Å². The van der Waals surface area contributed by atoms with Crippen LogP contribution in [-0.4, -0.2) is 28.0 Å². The van der Waals surface area contributed by atoms with Crippen molar-refractivity contribution in [1.82, 2.24) is 15.0 Å². The van der Waals surface area contributed by atoms with Crippen LogP contribution in [0.4, 0.5) is 5.82 Å². The molecule has 2 aromatic heterocycles. The minimum Gasteiger partial charge on any atom is -0.357 e. The molecule has 0 aliphatic heterocycles. The van der Waals surface area contributed by atoms with Gasteiger partial charge in [-0.3, -0.25) is 4.98 Å². The van der Waals surface area contributed by atoms with Gasteiger partial charge in [0.2, 0.25) is 0 Å². The van der Waals surface area contributed by atoms with E-state index in [1.54, 1.807) is 18.6 Å². The molecule has 0 saturated carbocycles. The Bertz CT molecular complexity index is 466. The lowest BCUT2D eigenvalue weighted by atomic mass is 10.2. The number of pyridine rings is 1. The highest BCUT2D eigenvalue weighted by atomic mass is 15.2. The van der Waals surface area contributed by atoms with Crippen LogP contribution in [0.2, 0.25) is 0 Å². The number of aromatic nitrogens is 3. The maximum Gasteiger partial charge on any atom is 0.161 e. The summed E-state index contributed by atoms with van der Waals surface area (Å²) in [5.41, 5.74) is 0.994. The highest BCUT2D eigenvalue weighted by Gasteiger charge is 2.06. The lowest BCUT2D eigenvalue weighted by Crippen LogP contribution is -2.23. The largest absolute Gasteiger partial charge is 0.357 e. The number of anilines is 1. The molecule has 0 aromatic carbocycles. The van der Waals surface area contributed by atoms with Crippen molar-refractivity contribution in [2.24, 2.45) is 0 Å². The van der Waals surface area contributed by atoms with Crippen molar-refractivity contribution < 1.29 is 0 Å². The van der Waals surface area contributed by atoms with Crippen molar-refractivity contribution in [3.63, 3.8) is 0 Å². The Balaban J connectivity index is 2.35. The SMILES string of the molecule is CCN(CC)c1ccnc(-c2ccncc2)n1. The molecule has 0 amide bonds. The Morgan fingerprint density at radius 3 is 2.35 bits per heavy atom. The molecule has 0 fully saturated rings. The van der Waals surface area contributed by atoms with Gasteiger partial charge in [-0.25, -0.2) is 9.97 Å². The summed E-state index contributed by atoms with van der Waals surface area (Å²) in [5, 5.41) is 0. The van der Waals surface area contributed by atoms with E-state index < -0.39 is 0 Å². The maximum atomic E-state index is 4.57. The van der Waals surface area contributed by atoms with E-state index in [0.717, 1.165) is 30.3 Å². The molecule has 0 atom stereocenters. The molecule has 88 valence electrons. The van der Waals surface area contributed by atoms with Gasteiger partial charge >= 0.3 is 0 Å². The molecular weight excluding hydrogens is 212 g/mol. The van der Waals surface area contributed by atoms with Gasteiger partial charge in [0.15, 0.2) is 5.82 Å². The quantitative estimate of drug-likeness (QED) is 0.805. The van der Waals surface area contributed by atoms with Crippen LogP contribution < -0.4 is 4.90 Å². The summed E-state index contributed by atoms with van der Waals surface area (Å²) < 4.78 is 0. The van der Waals surface area contributed by atoms with Crippen molar-refractivity contribution in [3.05, 3.63) is 36.8 Å². The average Bonchev–Trinajstić information content (AvgIpc) is 2.42. The highest BCUT2D eigenvalue weighted by Crippen LogP contribution is 2.17. The first-order chi connectivity index (χ1) is 8.35. The van der Waals surface area contributed by atoms with Gasteiger partial charge < -0.3 is 4.90 Å². The summed E-state index contributed by atoms with van der Waals surface area (Å²) in [5.74, 6) is 1.72. The summed E-state index contributed by atoms with van der Waals surface area (Å²) in [6.07, 6.45) is 5.31. The molecule has 0 spiro atoms. The molecule has 17 heavy (non-hydrogen) atoms. The fourth-order valence-electron chi connectivity index (χ4n) is 1.71. The van der Waals surface area contributed by atoms with Crippen molar-refractivity contribution in [2.45, 2.75) is 13.8 Å². The van der Waals surface area contributed by atoms with Gasteiger partial charge in [0, 0.05) is 37.2 Å². The minimum absolute atomic E-state index is 0.747. The predicted molar refractivity (Wildman–Crippen MR) is 68.8 cm³/mol. The molecule has 2 rings (SSSR count). The molecule has 0 aliphatic carbocycles. The topological polar surface area (TPSA) is 41.9 Å². The second kappa shape index (κ2) is 5.39. The zero-order valence-corrected chi connectivity index (χ0v) is 10.2. The Hall–Kier alpha value is -1.97. The molecule has 4 nitrogen and oxygen atoms in total. The lowest BCUT2D eigenvalue weighted by molar-refractivity contribution is 0.843. The zero-order chi connectivity index (χ0) is 12.1. The van der Waals surface area contributed by atoms with Gasteiger partial charge in [0.05, 0.1) is 0 Å². The van der Waals surface area contributed by atoms with E-state index in [9.17, 15) is 0 Å². The third kappa shape index (κ3) is 2.58. The van der Waals surface area contributed by atoms with Crippen molar-refractivity contribution in [3.8, 4) is 11.4 Å². The molecule has 0 aliphatic rings. The molecule has 0 N–H and O–H groups in total. The molecule has 2 heterocycles. The van der Waals surface area contributed by atoms with E-state index >= 15 is 0 Å². The summed E-state index contributed by atoms with van der Waals surface area (Å²) in [6.45, 7) is 6.14. The normalized spacial score (nSPS) is 10.2. The van der Waals surface area contributed by atoms with Crippen LogP contribution in [0.3, 0.4) is 0 Å². The fraction of sp³-hybridized carbons (Fsp3) is 0.308. The fourth-order valence-corrected chi connectivity index (χ4v) is 1.71. The van der Waals surface area contributed by atoms with Crippen LogP contribution in [-0.2, 0) is 0 Å². The van der Waals surface area contributed by atoms with E-state index in [-0.39, 0.29) is 0 Å². The second-order valence-electron chi connectivity index (χ2n) is 3.65. The molecule has 2 aromatic rings. The highest BCUT2D eigenvalue weighted by molar-refractivity contribution is 5.56. The van der Waals surface area contributed by atoms with Crippen molar-refractivity contribution >= 4 is 5.82 Å². The Morgan fingerprint density at radius 2 is 1.71 bits per heavy atom. The number of hydrogen-bond donors (Lipinski definition) is 0. The summed E-state index contributed by atoms with van der Waals surface area (Å²) >= 11 is 0. The molecule has 4 heteroatoms. The summed E-state index contributed by atoms with van der Waals surface area (Å²) in [6, 6.07) is 5.78. The van der Waals surface area contributed by atoms with Crippen LogP contribution >= 0.6 is 0 Å². The second-order valence-corrected chi connectivity index (χ2v) is 3.65. The van der Waals surface area contributed by atoms with Crippen molar-refractivity contribution in [2.75, 3.05) is 18.0 Å². The van der Waals surface area contributed by atoms with Crippen LogP contribution in [0.1, 0.15) is 13.8 Å². The first-order valence-corrected chi connectivity index (χ1v) is 5.83. The Labute approximate surface area is 101 Å². The van der Waals surface area contributed by atoms with Gasteiger partial charge in [-0.05, 0) is 32.0 Å². The standard InChI is InChI=1S/C13H16N4/c1-3-17(4-2)12-7-10-15-13(16-12)11-5-8-14-9-6-11/h5-10H,3-4H2,1-2H3. The third-order valence-electron chi connectivity index (χ3n) is 2.67. The van der Waals surface area contributed by atoms with E-state index in [4.69, 9.17) is 0 Å². The minimum atomic E-state index is 0.747. The Morgan fingerprint density at radius 1 is 1.00 bits per heavy atom. The first kappa shape index (κ1) is 11.5. The average molecular weight is 228 g/mol. The smallest absolute Gasteiger partial charge is 0.161 e. The van der Waals surface area contributed by atoms with Gasteiger partial charge in [0.1, 0.15) is 5.82 Å². The van der Waals surface area contributed by atoms with Gasteiger partial charge in [-0.15, -0.1) is 0 Å². The van der Waals surface area contributed by atoms with Crippen LogP contribution in [0, 0.1) is 0 Å². The van der Waals surface area contributed by atoms with Crippen molar-refractivity contribution in [1.29, 1.82) is 0 Å². The van der Waals surface area contributed by atoms with E-state index in [1.807, 2.05) is 18.2 Å². The number of rotatable bonds is 4. The number of hydrogen-bond acceptors (Lipinski definition) is 4. The lowest BCUT2D eigenvalue weighted by Gasteiger charge is -2.19. The van der Waals surface area contributed by atoms with E-state index in [1.165, 1.54) is 0 Å². The van der Waals surface area contributed by atoms with Crippen LogP contribution in [0.5, 0.6) is 0 Å². The van der Waals surface area contributed by atoms with Gasteiger partial charge in [-0.1, -0.05) is 0 Å². The van der Waals surface area contributed by atoms with E-state index in [2.05, 4.69) is 33.7 Å². The monoisotopic (exact) mass is 228 g/mol. The molecule has 0 saturated heterocycles. The Kier molecular flexibility index (Phi) is 3.65. The predicted octanol–water partition coefficient (Wildman–Crippen LogP) is 2.38. The van der Waals surface area contributed by atoms with E-state index in [0.29, 0.717) is 0 Å². The molecular formula is C13H16N4. The summed E-state index contributed by atoms with van der Waals surface area (Å²) in [4.78, 5) is 15.1. The first-order valence-electron chi connectivity index (χ1n) is 5.83. The molecule has 0 bridgehead atoms. The zero-order valence-electron chi connectivity index (χ0n) is 10.2. The third-order valence-corrected chi connectivity index (χ3v) is 2.67. The van der Waals surface area contributed by atoms with Gasteiger partial charge in [-0.2, -0.15) is 0 Å². The number of nitrogens with zero attached hydrogens (tertiary/aromatic N) is 4. The molecule has 0 unspecified atom stereocenters. The maximum absolute atomic E-state index is 4.57. The molecule has 0 radical (unpaired) electrons. The summed E-state index contributed by atoms with van der Waals surface area (Å²) in [7, 11) is 0.